The van der Waals surface area contributed by atoms with Crippen molar-refractivity contribution >= 4 is 17.6 Å². The summed E-state index contributed by atoms with van der Waals surface area (Å²) in [4.78, 5) is 26.9. The molecule has 2 rings (SSSR count). The molecule has 0 saturated heterocycles. The van der Waals surface area contributed by atoms with Gasteiger partial charge in [-0.3, -0.25) is 14.6 Å². The number of hydrogen-bond donors (Lipinski definition) is 2. The summed E-state index contributed by atoms with van der Waals surface area (Å²) in [5, 5.41) is 11.8. The summed E-state index contributed by atoms with van der Waals surface area (Å²) in [6.07, 6.45) is 0.294. The van der Waals surface area contributed by atoms with Gasteiger partial charge < -0.3 is 15.2 Å². The summed E-state index contributed by atoms with van der Waals surface area (Å²) in [5.74, 6) is -1.27. The molecular weight excluding hydrogens is 308 g/mol. The van der Waals surface area contributed by atoms with E-state index in [1.165, 1.54) is 0 Å². The van der Waals surface area contributed by atoms with Gasteiger partial charge in [-0.2, -0.15) is 0 Å². The standard InChI is InChI=1S/C18H20N2O4/c1-13-7-8-15(16(20-13)9-10-17(21)22)19-11-18(23)24-12-14-5-3-2-4-6-14/h2-8,19H,9-12H2,1H3,(H,21,22). The van der Waals surface area contributed by atoms with E-state index in [1.807, 2.05) is 43.3 Å². The minimum absolute atomic E-state index is 0.00234. The van der Waals surface area contributed by atoms with Gasteiger partial charge in [0.05, 0.1) is 17.8 Å². The fourth-order valence-electron chi connectivity index (χ4n) is 2.14. The van der Waals surface area contributed by atoms with E-state index in [2.05, 4.69) is 10.3 Å². The average Bonchev–Trinajstić information content (AvgIpc) is 2.58. The summed E-state index contributed by atoms with van der Waals surface area (Å²) >= 11 is 0. The van der Waals surface area contributed by atoms with Crippen LogP contribution in [0.4, 0.5) is 5.69 Å². The second kappa shape index (κ2) is 8.67. The minimum atomic E-state index is -0.883. The van der Waals surface area contributed by atoms with Gasteiger partial charge in [-0.05, 0) is 24.6 Å². The molecule has 0 fully saturated rings. The molecule has 0 saturated carbocycles. The molecule has 24 heavy (non-hydrogen) atoms. The molecule has 1 heterocycles. The summed E-state index contributed by atoms with van der Waals surface area (Å²) in [7, 11) is 0. The predicted octanol–water partition coefficient (Wildman–Crippen LogP) is 2.56. The number of carbonyl (C=O) groups is 2. The Morgan fingerprint density at radius 3 is 2.62 bits per heavy atom. The number of pyridine rings is 1. The number of carboxylic acid groups (broad SMARTS) is 1. The number of carbonyl (C=O) groups excluding carboxylic acids is 1. The zero-order valence-corrected chi connectivity index (χ0v) is 13.5. The second-order valence-corrected chi connectivity index (χ2v) is 5.34. The SMILES string of the molecule is Cc1ccc(NCC(=O)OCc2ccccc2)c(CCC(=O)O)n1. The molecule has 0 aliphatic heterocycles. The topological polar surface area (TPSA) is 88.5 Å². The third-order valence-corrected chi connectivity index (χ3v) is 3.35. The number of nitrogens with zero attached hydrogens (tertiary/aromatic N) is 1. The first-order valence-corrected chi connectivity index (χ1v) is 7.66. The number of hydrogen-bond acceptors (Lipinski definition) is 5. The molecule has 0 atom stereocenters. The van der Waals surface area contributed by atoms with Crippen LogP contribution in [0.5, 0.6) is 0 Å². The van der Waals surface area contributed by atoms with Gasteiger partial charge in [-0.1, -0.05) is 30.3 Å². The Kier molecular flexibility index (Phi) is 6.31. The Hall–Kier alpha value is -2.89. The van der Waals surface area contributed by atoms with Crippen LogP contribution in [-0.2, 0) is 27.4 Å². The van der Waals surface area contributed by atoms with Crippen molar-refractivity contribution in [3.05, 3.63) is 59.4 Å². The lowest BCUT2D eigenvalue weighted by Crippen LogP contribution is -2.18. The lowest BCUT2D eigenvalue weighted by molar-refractivity contribution is -0.142. The van der Waals surface area contributed by atoms with E-state index < -0.39 is 5.97 Å². The van der Waals surface area contributed by atoms with E-state index >= 15 is 0 Å². The molecule has 2 aromatic rings. The summed E-state index contributed by atoms with van der Waals surface area (Å²) in [6.45, 7) is 2.05. The summed E-state index contributed by atoms with van der Waals surface area (Å²) in [5.41, 5.74) is 3.00. The first kappa shape index (κ1) is 17.5. The highest BCUT2D eigenvalue weighted by Gasteiger charge is 2.09. The first-order chi connectivity index (χ1) is 11.5. The van der Waals surface area contributed by atoms with Gasteiger partial charge in [-0.15, -0.1) is 0 Å². The second-order valence-electron chi connectivity index (χ2n) is 5.34. The minimum Gasteiger partial charge on any atom is -0.481 e. The molecule has 0 amide bonds. The third kappa shape index (κ3) is 5.72. The Balaban J connectivity index is 1.88. The van der Waals surface area contributed by atoms with Gasteiger partial charge in [0.1, 0.15) is 13.2 Å². The van der Waals surface area contributed by atoms with Gasteiger partial charge in [0.2, 0.25) is 0 Å². The van der Waals surface area contributed by atoms with Crippen molar-refractivity contribution in [2.75, 3.05) is 11.9 Å². The van der Waals surface area contributed by atoms with Gasteiger partial charge in [0.15, 0.2) is 0 Å². The molecule has 0 bridgehead atoms. The predicted molar refractivity (Wildman–Crippen MR) is 89.7 cm³/mol. The van der Waals surface area contributed by atoms with Crippen molar-refractivity contribution in [3.63, 3.8) is 0 Å². The van der Waals surface area contributed by atoms with Crippen LogP contribution in [0.1, 0.15) is 23.4 Å². The number of esters is 1. The van der Waals surface area contributed by atoms with E-state index in [1.54, 1.807) is 6.07 Å². The smallest absolute Gasteiger partial charge is 0.325 e. The van der Waals surface area contributed by atoms with Gasteiger partial charge in [0, 0.05) is 12.1 Å². The highest BCUT2D eigenvalue weighted by Crippen LogP contribution is 2.16. The number of benzene rings is 1. The highest BCUT2D eigenvalue weighted by atomic mass is 16.5. The number of nitrogens with one attached hydrogen (secondary N) is 1. The quantitative estimate of drug-likeness (QED) is 0.724. The number of anilines is 1. The monoisotopic (exact) mass is 328 g/mol. The molecule has 0 radical (unpaired) electrons. The fraction of sp³-hybridized carbons (Fsp3) is 0.278. The van der Waals surface area contributed by atoms with Crippen LogP contribution in [0.2, 0.25) is 0 Å². The molecule has 0 aliphatic rings. The van der Waals surface area contributed by atoms with E-state index in [0.29, 0.717) is 17.8 Å². The fourth-order valence-corrected chi connectivity index (χ4v) is 2.14. The van der Waals surface area contributed by atoms with Gasteiger partial charge in [-0.25, -0.2) is 0 Å². The van der Waals surface area contributed by atoms with Crippen LogP contribution in [0.3, 0.4) is 0 Å². The maximum atomic E-state index is 11.8. The summed E-state index contributed by atoms with van der Waals surface area (Å²) < 4.78 is 5.20. The maximum Gasteiger partial charge on any atom is 0.325 e. The van der Waals surface area contributed by atoms with Crippen molar-refractivity contribution < 1.29 is 19.4 Å². The first-order valence-electron chi connectivity index (χ1n) is 7.66. The van der Waals surface area contributed by atoms with Crippen LogP contribution in [0.15, 0.2) is 42.5 Å². The molecule has 6 nitrogen and oxygen atoms in total. The number of aliphatic carboxylic acids is 1. The largest absolute Gasteiger partial charge is 0.481 e. The highest BCUT2D eigenvalue weighted by molar-refractivity contribution is 5.75. The normalized spacial score (nSPS) is 10.2. The lowest BCUT2D eigenvalue weighted by atomic mass is 10.1. The van der Waals surface area contributed by atoms with Crippen LogP contribution >= 0.6 is 0 Å². The number of aryl methyl sites for hydroxylation is 2. The molecule has 1 aromatic heterocycles. The Bertz CT molecular complexity index is 701. The van der Waals surface area contributed by atoms with Crippen molar-refractivity contribution in [2.45, 2.75) is 26.4 Å². The van der Waals surface area contributed by atoms with Crippen molar-refractivity contribution in [2.24, 2.45) is 0 Å². The van der Waals surface area contributed by atoms with Crippen molar-refractivity contribution in [3.8, 4) is 0 Å². The maximum absolute atomic E-state index is 11.8. The number of aromatic nitrogens is 1. The van der Waals surface area contributed by atoms with E-state index in [9.17, 15) is 9.59 Å². The zero-order valence-electron chi connectivity index (χ0n) is 13.5. The van der Waals surface area contributed by atoms with E-state index in [4.69, 9.17) is 9.84 Å². The molecular formula is C18H20N2O4. The van der Waals surface area contributed by atoms with E-state index in [-0.39, 0.29) is 25.5 Å². The van der Waals surface area contributed by atoms with Crippen molar-refractivity contribution in [1.29, 1.82) is 0 Å². The zero-order chi connectivity index (χ0) is 17.4. The Morgan fingerprint density at radius 2 is 1.92 bits per heavy atom. The number of rotatable bonds is 8. The van der Waals surface area contributed by atoms with Crippen LogP contribution in [0, 0.1) is 6.92 Å². The van der Waals surface area contributed by atoms with Gasteiger partial charge >= 0.3 is 11.9 Å². The van der Waals surface area contributed by atoms with Crippen LogP contribution in [-0.4, -0.2) is 28.6 Å². The van der Waals surface area contributed by atoms with Crippen LogP contribution in [0.25, 0.3) is 0 Å². The third-order valence-electron chi connectivity index (χ3n) is 3.35. The molecule has 2 N–H and O–H groups in total. The molecule has 126 valence electrons. The van der Waals surface area contributed by atoms with E-state index in [0.717, 1.165) is 11.3 Å². The molecule has 0 aliphatic carbocycles. The lowest BCUT2D eigenvalue weighted by Gasteiger charge is -2.11. The molecule has 1 aromatic carbocycles. The number of ether oxygens (including phenoxy) is 1. The number of carboxylic acids is 1. The summed E-state index contributed by atoms with van der Waals surface area (Å²) in [6, 6.07) is 13.0. The van der Waals surface area contributed by atoms with Crippen LogP contribution < -0.4 is 5.32 Å². The molecule has 6 heteroatoms. The molecule has 0 spiro atoms. The Labute approximate surface area is 140 Å². The average molecular weight is 328 g/mol. The van der Waals surface area contributed by atoms with Gasteiger partial charge in [0.25, 0.3) is 0 Å². The molecule has 0 unspecified atom stereocenters. The Morgan fingerprint density at radius 1 is 1.17 bits per heavy atom. The van der Waals surface area contributed by atoms with Crippen molar-refractivity contribution in [1.82, 2.24) is 4.98 Å².